The number of ether oxygens (including phenoxy) is 1. The Morgan fingerprint density at radius 3 is 2.56 bits per heavy atom. The molecule has 0 unspecified atom stereocenters. The van der Waals surface area contributed by atoms with Gasteiger partial charge in [0.25, 0.3) is 11.8 Å². The Balaban J connectivity index is 1.86. The predicted molar refractivity (Wildman–Crippen MR) is 99.1 cm³/mol. The second-order valence-corrected chi connectivity index (χ2v) is 6.25. The number of rotatable bonds is 6. The van der Waals surface area contributed by atoms with Gasteiger partial charge in [0.2, 0.25) is 0 Å². The molecule has 1 aliphatic heterocycles. The van der Waals surface area contributed by atoms with Crippen LogP contribution in [0.4, 0.5) is 5.69 Å². The number of ketones is 1. The molecule has 0 radical (unpaired) electrons. The monoisotopic (exact) mass is 370 g/mol. The molecule has 0 N–H and O–H groups in total. The second kappa shape index (κ2) is 7.65. The third kappa shape index (κ3) is 3.72. The Kier molecular flexibility index (Phi) is 5.30. The summed E-state index contributed by atoms with van der Waals surface area (Å²) in [5.41, 5.74) is 1.01. The van der Waals surface area contributed by atoms with Crippen LogP contribution in [0, 0.1) is 0 Å². The fourth-order valence-electron chi connectivity index (χ4n) is 2.99. The summed E-state index contributed by atoms with van der Waals surface area (Å²) in [6.07, 6.45) is 0. The molecule has 142 valence electrons. The van der Waals surface area contributed by atoms with Crippen molar-refractivity contribution in [3.8, 4) is 5.75 Å². The molecular formula is C20H22N2O5. The van der Waals surface area contributed by atoms with Gasteiger partial charge in [-0.3, -0.25) is 19.3 Å². The number of carbonyl (C=O) groups excluding carboxylic acids is 3. The molecule has 0 bridgehead atoms. The first-order valence-electron chi connectivity index (χ1n) is 8.90. The van der Waals surface area contributed by atoms with Gasteiger partial charge < -0.3 is 14.1 Å². The van der Waals surface area contributed by atoms with E-state index >= 15 is 0 Å². The molecule has 0 atom stereocenters. The van der Waals surface area contributed by atoms with E-state index in [0.717, 1.165) is 0 Å². The molecule has 0 spiro atoms. The van der Waals surface area contributed by atoms with Crippen molar-refractivity contribution in [1.82, 2.24) is 4.90 Å². The smallest absolute Gasteiger partial charge is 0.289 e. The summed E-state index contributed by atoms with van der Waals surface area (Å²) in [5.74, 6) is 0.744. The maximum atomic E-state index is 12.4. The summed E-state index contributed by atoms with van der Waals surface area (Å²) in [4.78, 5) is 39.6. The number of nitrogens with zero attached hydrogens (tertiary/aromatic N) is 2. The van der Waals surface area contributed by atoms with E-state index in [-0.39, 0.29) is 36.5 Å². The minimum absolute atomic E-state index is 0.0850. The van der Waals surface area contributed by atoms with Crippen LogP contribution in [-0.4, -0.2) is 42.2 Å². The molecule has 0 saturated heterocycles. The van der Waals surface area contributed by atoms with Crippen LogP contribution < -0.4 is 9.64 Å². The molecule has 7 nitrogen and oxygen atoms in total. The highest BCUT2D eigenvalue weighted by molar-refractivity contribution is 6.01. The molecule has 3 rings (SSSR count). The molecule has 2 aromatic rings. The van der Waals surface area contributed by atoms with Crippen LogP contribution in [0.5, 0.6) is 5.75 Å². The van der Waals surface area contributed by atoms with Gasteiger partial charge in [-0.2, -0.15) is 0 Å². The van der Waals surface area contributed by atoms with E-state index in [4.69, 9.17) is 9.15 Å². The van der Waals surface area contributed by atoms with E-state index < -0.39 is 0 Å². The number of Topliss-reactive ketones (excluding diaryl/α,β-unsaturated/α-hetero) is 1. The lowest BCUT2D eigenvalue weighted by atomic mass is 10.1. The third-order valence-corrected chi connectivity index (χ3v) is 4.55. The fraction of sp³-hybridized carbons (Fsp3) is 0.350. The number of carbonyl (C=O) groups is 3. The van der Waals surface area contributed by atoms with Crippen LogP contribution >= 0.6 is 0 Å². The molecule has 7 heteroatoms. The molecule has 0 saturated carbocycles. The summed E-state index contributed by atoms with van der Waals surface area (Å²) in [5, 5.41) is 0. The maximum absolute atomic E-state index is 12.4. The number of hydrogen-bond acceptors (Lipinski definition) is 5. The Morgan fingerprint density at radius 1 is 1.15 bits per heavy atom. The SMILES string of the molecule is CCN(CC)C(=O)c1ccc(CN2C(=O)COc3ccc(C(C)=O)cc32)o1. The lowest BCUT2D eigenvalue weighted by Crippen LogP contribution is -2.38. The number of benzene rings is 1. The number of furan rings is 1. The van der Waals surface area contributed by atoms with Gasteiger partial charge in [-0.15, -0.1) is 0 Å². The van der Waals surface area contributed by atoms with Gasteiger partial charge in [0, 0.05) is 18.7 Å². The quantitative estimate of drug-likeness (QED) is 0.731. The molecule has 2 heterocycles. The van der Waals surface area contributed by atoms with Crippen molar-refractivity contribution >= 4 is 23.3 Å². The van der Waals surface area contributed by atoms with Crippen molar-refractivity contribution in [2.45, 2.75) is 27.3 Å². The molecule has 0 fully saturated rings. The number of anilines is 1. The summed E-state index contributed by atoms with van der Waals surface area (Å²) < 4.78 is 11.1. The zero-order valence-electron chi connectivity index (χ0n) is 15.7. The lowest BCUT2D eigenvalue weighted by Gasteiger charge is -2.29. The summed E-state index contributed by atoms with van der Waals surface area (Å²) >= 11 is 0. The minimum Gasteiger partial charge on any atom is -0.482 e. The average molecular weight is 370 g/mol. The fourth-order valence-corrected chi connectivity index (χ4v) is 2.99. The van der Waals surface area contributed by atoms with Gasteiger partial charge in [-0.1, -0.05) is 0 Å². The Bertz CT molecular complexity index is 882. The highest BCUT2D eigenvalue weighted by atomic mass is 16.5. The molecule has 1 aliphatic rings. The van der Waals surface area contributed by atoms with Crippen molar-refractivity contribution in [2.24, 2.45) is 0 Å². The molecule has 1 aromatic heterocycles. The topological polar surface area (TPSA) is 80.1 Å². The van der Waals surface area contributed by atoms with Crippen molar-refractivity contribution in [3.05, 3.63) is 47.4 Å². The first-order valence-corrected chi connectivity index (χ1v) is 8.90. The van der Waals surface area contributed by atoms with E-state index in [9.17, 15) is 14.4 Å². The molecule has 0 aliphatic carbocycles. The maximum Gasteiger partial charge on any atom is 0.289 e. The largest absolute Gasteiger partial charge is 0.482 e. The standard InChI is InChI=1S/C20H22N2O5/c1-4-21(5-2)20(25)18-9-7-15(27-18)11-22-16-10-14(13(3)23)6-8-17(16)26-12-19(22)24/h6-10H,4-5,11-12H2,1-3H3. The van der Waals surface area contributed by atoms with Gasteiger partial charge in [0.15, 0.2) is 18.2 Å². The molecular weight excluding hydrogens is 348 g/mol. The third-order valence-electron chi connectivity index (χ3n) is 4.55. The van der Waals surface area contributed by atoms with E-state index in [1.807, 2.05) is 13.8 Å². The van der Waals surface area contributed by atoms with Gasteiger partial charge in [0.05, 0.1) is 12.2 Å². The number of fused-ring (bicyclic) bond motifs is 1. The van der Waals surface area contributed by atoms with Crippen molar-refractivity contribution in [1.29, 1.82) is 0 Å². The highest BCUT2D eigenvalue weighted by Gasteiger charge is 2.28. The van der Waals surface area contributed by atoms with Gasteiger partial charge in [-0.05, 0) is 51.1 Å². The van der Waals surface area contributed by atoms with E-state index in [1.165, 1.54) is 11.8 Å². The first-order chi connectivity index (χ1) is 12.9. The van der Waals surface area contributed by atoms with E-state index in [2.05, 4.69) is 0 Å². The molecule has 2 amide bonds. The molecule has 1 aromatic carbocycles. The zero-order chi connectivity index (χ0) is 19.6. The lowest BCUT2D eigenvalue weighted by molar-refractivity contribution is -0.121. The second-order valence-electron chi connectivity index (χ2n) is 6.25. The van der Waals surface area contributed by atoms with Crippen molar-refractivity contribution < 1.29 is 23.5 Å². The zero-order valence-corrected chi connectivity index (χ0v) is 15.7. The van der Waals surface area contributed by atoms with Crippen molar-refractivity contribution in [3.63, 3.8) is 0 Å². The Labute approximate surface area is 157 Å². The van der Waals surface area contributed by atoms with Gasteiger partial charge >= 0.3 is 0 Å². The average Bonchev–Trinajstić information content (AvgIpc) is 3.13. The molecule has 27 heavy (non-hydrogen) atoms. The number of amides is 2. The Morgan fingerprint density at radius 2 is 1.89 bits per heavy atom. The summed E-state index contributed by atoms with van der Waals surface area (Å²) in [7, 11) is 0. The van der Waals surface area contributed by atoms with Crippen LogP contribution in [0.25, 0.3) is 0 Å². The van der Waals surface area contributed by atoms with Crippen LogP contribution in [0.3, 0.4) is 0 Å². The van der Waals surface area contributed by atoms with Crippen molar-refractivity contribution in [2.75, 3.05) is 24.6 Å². The summed E-state index contributed by atoms with van der Waals surface area (Å²) in [6.45, 7) is 6.53. The normalized spacial score (nSPS) is 13.1. The van der Waals surface area contributed by atoms with E-state index in [0.29, 0.717) is 35.9 Å². The van der Waals surface area contributed by atoms with E-state index in [1.54, 1.807) is 35.2 Å². The first kappa shape index (κ1) is 18.7. The highest BCUT2D eigenvalue weighted by Crippen LogP contribution is 2.34. The predicted octanol–water partition coefficient (Wildman–Crippen LogP) is 2.89. The Hall–Kier alpha value is -3.09. The van der Waals surface area contributed by atoms with Crippen LogP contribution in [0.15, 0.2) is 34.7 Å². The number of hydrogen-bond donors (Lipinski definition) is 0. The van der Waals surface area contributed by atoms with Crippen LogP contribution in [0.1, 0.15) is 47.4 Å². The van der Waals surface area contributed by atoms with Crippen LogP contribution in [0.2, 0.25) is 0 Å². The van der Waals surface area contributed by atoms with Gasteiger partial charge in [-0.25, -0.2) is 0 Å². The van der Waals surface area contributed by atoms with Crippen LogP contribution in [-0.2, 0) is 11.3 Å². The summed E-state index contributed by atoms with van der Waals surface area (Å²) in [6, 6.07) is 8.30. The van der Waals surface area contributed by atoms with Gasteiger partial charge in [0.1, 0.15) is 11.5 Å². The minimum atomic E-state index is -0.240.